The normalized spacial score (nSPS) is 11.9. The molecule has 16 heavy (non-hydrogen) atoms. The van der Waals surface area contributed by atoms with Gasteiger partial charge < -0.3 is 4.74 Å². The van der Waals surface area contributed by atoms with Gasteiger partial charge in [0.2, 0.25) is 0 Å². The monoisotopic (exact) mass is 221 g/mol. The Labute approximate surface area is 94.6 Å². The summed E-state index contributed by atoms with van der Waals surface area (Å²) < 4.78 is 4.61. The van der Waals surface area contributed by atoms with E-state index in [-0.39, 0.29) is 5.78 Å². The van der Waals surface area contributed by atoms with Gasteiger partial charge in [-0.15, -0.1) is 0 Å². The largest absolute Gasteiger partial charge is 0.468 e. The van der Waals surface area contributed by atoms with Crippen molar-refractivity contribution in [3.8, 4) is 0 Å². The minimum Gasteiger partial charge on any atom is -0.468 e. The number of esters is 1. The molecule has 86 valence electrons. The van der Waals surface area contributed by atoms with Crippen molar-refractivity contribution in [2.75, 3.05) is 7.11 Å². The molecule has 0 aliphatic heterocycles. The molecule has 0 fully saturated rings. The van der Waals surface area contributed by atoms with Gasteiger partial charge in [0.1, 0.15) is 5.92 Å². The van der Waals surface area contributed by atoms with Crippen LogP contribution in [-0.2, 0) is 9.53 Å². The molecule has 0 spiro atoms. The minimum atomic E-state index is -0.729. The lowest BCUT2D eigenvalue weighted by atomic mass is 9.94. The van der Waals surface area contributed by atoms with Gasteiger partial charge in [-0.2, -0.15) is 0 Å². The highest BCUT2D eigenvalue weighted by molar-refractivity contribution is 6.09. The Bertz CT molecular complexity index is 401. The molecule has 0 amide bonds. The zero-order valence-electron chi connectivity index (χ0n) is 9.69. The van der Waals surface area contributed by atoms with Gasteiger partial charge in [0.15, 0.2) is 5.78 Å². The lowest BCUT2D eigenvalue weighted by molar-refractivity contribution is -0.143. The van der Waals surface area contributed by atoms with Crippen LogP contribution < -0.4 is 0 Å². The zero-order chi connectivity index (χ0) is 12.1. The third kappa shape index (κ3) is 2.45. The van der Waals surface area contributed by atoms with Crippen LogP contribution in [0.25, 0.3) is 0 Å². The van der Waals surface area contributed by atoms with Crippen molar-refractivity contribution in [2.24, 2.45) is 5.92 Å². The van der Waals surface area contributed by atoms with Gasteiger partial charge in [0, 0.05) is 18.0 Å². The third-order valence-electron chi connectivity index (χ3n) is 2.51. The molecular weight excluding hydrogens is 206 g/mol. The first-order valence-electron chi connectivity index (χ1n) is 5.14. The molecule has 1 rings (SSSR count). The van der Waals surface area contributed by atoms with Crippen molar-refractivity contribution in [3.05, 3.63) is 29.6 Å². The van der Waals surface area contributed by atoms with Crippen molar-refractivity contribution in [1.82, 2.24) is 4.98 Å². The predicted molar refractivity (Wildman–Crippen MR) is 59.1 cm³/mol. The number of aryl methyl sites for hydroxylation is 1. The Morgan fingerprint density at radius 1 is 1.50 bits per heavy atom. The lowest BCUT2D eigenvalue weighted by Gasteiger charge is -2.12. The molecule has 0 saturated heterocycles. The highest BCUT2D eigenvalue weighted by Crippen LogP contribution is 2.16. The summed E-state index contributed by atoms with van der Waals surface area (Å²) in [5.74, 6) is -1.44. The number of methoxy groups -OCH3 is 1. The second-order valence-corrected chi connectivity index (χ2v) is 3.54. The summed E-state index contributed by atoms with van der Waals surface area (Å²) in [6, 6.07) is 1.75. The maximum Gasteiger partial charge on any atom is 0.316 e. The Balaban J connectivity index is 3.01. The highest BCUT2D eigenvalue weighted by Gasteiger charge is 2.27. The molecule has 4 heteroatoms. The van der Waals surface area contributed by atoms with Crippen molar-refractivity contribution in [2.45, 2.75) is 20.3 Å². The Hall–Kier alpha value is -1.71. The van der Waals surface area contributed by atoms with Crippen molar-refractivity contribution < 1.29 is 14.3 Å². The third-order valence-corrected chi connectivity index (χ3v) is 2.51. The summed E-state index contributed by atoms with van der Waals surface area (Å²) in [7, 11) is 1.29. The van der Waals surface area contributed by atoms with Gasteiger partial charge in [-0.05, 0) is 25.0 Å². The van der Waals surface area contributed by atoms with Gasteiger partial charge in [-0.3, -0.25) is 14.6 Å². The van der Waals surface area contributed by atoms with E-state index in [1.54, 1.807) is 19.2 Å². The van der Waals surface area contributed by atoms with Gasteiger partial charge >= 0.3 is 5.97 Å². The standard InChI is InChI=1S/C12H15NO3/c1-4-9(12(15)16-3)11(14)10-7-13-6-5-8(10)2/h5-7,9H,4H2,1-3H3. The summed E-state index contributed by atoms with van der Waals surface area (Å²) in [5.41, 5.74) is 1.31. The van der Waals surface area contributed by atoms with E-state index in [4.69, 9.17) is 0 Å². The molecule has 1 aromatic rings. The molecule has 0 N–H and O–H groups in total. The molecule has 0 radical (unpaired) electrons. The molecule has 1 atom stereocenters. The smallest absolute Gasteiger partial charge is 0.316 e. The SMILES string of the molecule is CCC(C(=O)OC)C(=O)c1cnccc1C. The van der Waals surface area contributed by atoms with Crippen LogP contribution in [0.15, 0.2) is 18.5 Å². The summed E-state index contributed by atoms with van der Waals surface area (Å²) in [4.78, 5) is 27.4. The van der Waals surface area contributed by atoms with E-state index in [2.05, 4.69) is 9.72 Å². The summed E-state index contributed by atoms with van der Waals surface area (Å²) >= 11 is 0. The van der Waals surface area contributed by atoms with Gasteiger partial charge in [-0.1, -0.05) is 6.92 Å². The predicted octanol–water partition coefficient (Wildman–Crippen LogP) is 1.77. The van der Waals surface area contributed by atoms with Crippen LogP contribution in [0, 0.1) is 12.8 Å². The number of Topliss-reactive ketones (excluding diaryl/α,β-unsaturated/α-hetero) is 1. The number of carbonyl (C=O) groups excluding carboxylic acids is 2. The van der Waals surface area contributed by atoms with E-state index in [1.165, 1.54) is 13.3 Å². The Morgan fingerprint density at radius 3 is 2.69 bits per heavy atom. The summed E-state index contributed by atoms with van der Waals surface area (Å²) in [6.45, 7) is 3.60. The number of hydrogen-bond acceptors (Lipinski definition) is 4. The molecule has 0 bridgehead atoms. The van der Waals surface area contributed by atoms with E-state index >= 15 is 0 Å². The number of ketones is 1. The number of rotatable bonds is 4. The number of ether oxygens (including phenoxy) is 1. The van der Waals surface area contributed by atoms with Crippen molar-refractivity contribution >= 4 is 11.8 Å². The van der Waals surface area contributed by atoms with Crippen LogP contribution in [0.5, 0.6) is 0 Å². The van der Waals surface area contributed by atoms with E-state index in [1.807, 2.05) is 6.92 Å². The molecule has 4 nitrogen and oxygen atoms in total. The lowest BCUT2D eigenvalue weighted by Crippen LogP contribution is -2.25. The molecule has 0 aliphatic carbocycles. The Morgan fingerprint density at radius 2 is 2.19 bits per heavy atom. The van der Waals surface area contributed by atoms with Gasteiger partial charge in [0.25, 0.3) is 0 Å². The van der Waals surface area contributed by atoms with Crippen molar-refractivity contribution in [1.29, 1.82) is 0 Å². The maximum atomic E-state index is 12.1. The van der Waals surface area contributed by atoms with E-state index in [0.717, 1.165) is 5.56 Å². The highest BCUT2D eigenvalue weighted by atomic mass is 16.5. The van der Waals surface area contributed by atoms with Crippen LogP contribution in [0.3, 0.4) is 0 Å². The average molecular weight is 221 g/mol. The van der Waals surface area contributed by atoms with Crippen LogP contribution in [0.2, 0.25) is 0 Å². The molecule has 0 aromatic carbocycles. The minimum absolute atomic E-state index is 0.222. The number of pyridine rings is 1. The maximum absolute atomic E-state index is 12.1. The van der Waals surface area contributed by atoms with Crippen LogP contribution in [0.1, 0.15) is 29.3 Å². The van der Waals surface area contributed by atoms with Crippen LogP contribution in [-0.4, -0.2) is 23.8 Å². The van der Waals surface area contributed by atoms with Gasteiger partial charge in [0.05, 0.1) is 7.11 Å². The van der Waals surface area contributed by atoms with E-state index < -0.39 is 11.9 Å². The quantitative estimate of drug-likeness (QED) is 0.441. The summed E-state index contributed by atoms with van der Waals surface area (Å²) in [5, 5.41) is 0. The topological polar surface area (TPSA) is 56.3 Å². The molecule has 0 aliphatic rings. The molecular formula is C12H15NO3. The second-order valence-electron chi connectivity index (χ2n) is 3.54. The second kappa shape index (κ2) is 5.39. The fourth-order valence-electron chi connectivity index (χ4n) is 1.51. The molecule has 0 saturated carbocycles. The first-order valence-corrected chi connectivity index (χ1v) is 5.14. The number of carbonyl (C=O) groups is 2. The molecule has 1 heterocycles. The van der Waals surface area contributed by atoms with Crippen molar-refractivity contribution in [3.63, 3.8) is 0 Å². The summed E-state index contributed by atoms with van der Waals surface area (Å²) in [6.07, 6.45) is 3.54. The van der Waals surface area contributed by atoms with Crippen LogP contribution >= 0.6 is 0 Å². The fourth-order valence-corrected chi connectivity index (χ4v) is 1.51. The number of nitrogens with zero attached hydrogens (tertiary/aromatic N) is 1. The number of hydrogen-bond donors (Lipinski definition) is 0. The molecule has 1 unspecified atom stereocenters. The average Bonchev–Trinajstić information content (AvgIpc) is 2.30. The number of aromatic nitrogens is 1. The first kappa shape index (κ1) is 12.4. The molecule has 1 aromatic heterocycles. The van der Waals surface area contributed by atoms with Crippen LogP contribution in [0.4, 0.5) is 0 Å². The van der Waals surface area contributed by atoms with Gasteiger partial charge in [-0.25, -0.2) is 0 Å². The van der Waals surface area contributed by atoms with E-state index in [0.29, 0.717) is 12.0 Å². The zero-order valence-corrected chi connectivity index (χ0v) is 9.69. The fraction of sp³-hybridized carbons (Fsp3) is 0.417. The van der Waals surface area contributed by atoms with E-state index in [9.17, 15) is 9.59 Å². The first-order chi connectivity index (χ1) is 7.61. The Kier molecular flexibility index (Phi) is 4.17.